The summed E-state index contributed by atoms with van der Waals surface area (Å²) in [7, 11) is 0. The molecular formula is C13H17FN2O. The molecule has 0 atom stereocenters. The minimum absolute atomic E-state index is 0.00113. The van der Waals surface area contributed by atoms with Crippen LogP contribution in [0.5, 0.6) is 0 Å². The molecule has 1 amide bonds. The lowest BCUT2D eigenvalue weighted by atomic mass is 10.2. The van der Waals surface area contributed by atoms with E-state index < -0.39 is 0 Å². The topological polar surface area (TPSA) is 41.1 Å². The van der Waals surface area contributed by atoms with Crippen molar-refractivity contribution < 1.29 is 9.18 Å². The first-order valence-electron chi connectivity index (χ1n) is 6.03. The van der Waals surface area contributed by atoms with E-state index in [0.717, 1.165) is 18.5 Å². The minimum Gasteiger partial charge on any atom is -0.376 e. The van der Waals surface area contributed by atoms with Gasteiger partial charge < -0.3 is 10.6 Å². The Balaban J connectivity index is 1.73. The molecule has 2 N–H and O–H groups in total. The molecule has 0 unspecified atom stereocenters. The van der Waals surface area contributed by atoms with Crippen molar-refractivity contribution in [1.82, 2.24) is 5.32 Å². The maximum atomic E-state index is 12.6. The number of carbonyl (C=O) groups is 1. The van der Waals surface area contributed by atoms with Crippen LogP contribution in [-0.2, 0) is 4.79 Å². The first kappa shape index (κ1) is 11.9. The molecule has 0 bridgehead atoms. The monoisotopic (exact) mass is 236 g/mol. The molecule has 17 heavy (non-hydrogen) atoms. The maximum Gasteiger partial charge on any atom is 0.239 e. The second-order valence-electron chi connectivity index (χ2n) is 4.41. The molecule has 1 fully saturated rings. The van der Waals surface area contributed by atoms with Crippen molar-refractivity contribution in [1.29, 1.82) is 0 Å². The van der Waals surface area contributed by atoms with E-state index >= 15 is 0 Å². The highest BCUT2D eigenvalue weighted by Crippen LogP contribution is 2.17. The maximum absolute atomic E-state index is 12.6. The highest BCUT2D eigenvalue weighted by Gasteiger charge is 2.16. The number of rotatable bonds is 4. The van der Waals surface area contributed by atoms with Crippen molar-refractivity contribution in [2.24, 2.45) is 0 Å². The number of halogens is 1. The van der Waals surface area contributed by atoms with Crippen LogP contribution in [0.2, 0.25) is 0 Å². The van der Waals surface area contributed by atoms with Gasteiger partial charge in [-0.1, -0.05) is 12.8 Å². The fraction of sp³-hybridized carbons (Fsp3) is 0.462. The fourth-order valence-corrected chi connectivity index (χ4v) is 2.10. The largest absolute Gasteiger partial charge is 0.376 e. The summed E-state index contributed by atoms with van der Waals surface area (Å²) in [6.07, 6.45) is 4.58. The van der Waals surface area contributed by atoms with Crippen molar-refractivity contribution in [2.75, 3.05) is 11.9 Å². The molecule has 0 saturated heterocycles. The molecule has 1 aliphatic carbocycles. The van der Waals surface area contributed by atoms with E-state index in [1.165, 1.54) is 25.0 Å². The van der Waals surface area contributed by atoms with Crippen LogP contribution in [0.25, 0.3) is 0 Å². The van der Waals surface area contributed by atoms with E-state index in [4.69, 9.17) is 0 Å². The van der Waals surface area contributed by atoms with Gasteiger partial charge in [0, 0.05) is 11.7 Å². The zero-order valence-electron chi connectivity index (χ0n) is 9.71. The summed E-state index contributed by atoms with van der Waals surface area (Å²) >= 11 is 0. The van der Waals surface area contributed by atoms with Gasteiger partial charge in [0.2, 0.25) is 5.91 Å². The summed E-state index contributed by atoms with van der Waals surface area (Å²) in [6, 6.07) is 6.34. The number of amides is 1. The molecule has 2 rings (SSSR count). The summed E-state index contributed by atoms with van der Waals surface area (Å²) in [6.45, 7) is 0.238. The summed E-state index contributed by atoms with van der Waals surface area (Å²) < 4.78 is 12.6. The molecule has 0 radical (unpaired) electrons. The van der Waals surface area contributed by atoms with Gasteiger partial charge in [-0.2, -0.15) is 0 Å². The Hall–Kier alpha value is -1.58. The van der Waals surface area contributed by atoms with Gasteiger partial charge in [0.25, 0.3) is 0 Å². The van der Waals surface area contributed by atoms with Crippen LogP contribution < -0.4 is 10.6 Å². The molecule has 0 aromatic heterocycles. The zero-order chi connectivity index (χ0) is 12.1. The second-order valence-corrected chi connectivity index (χ2v) is 4.41. The van der Waals surface area contributed by atoms with E-state index in [-0.39, 0.29) is 18.3 Å². The predicted octanol–water partition coefficient (Wildman–Crippen LogP) is 2.30. The molecule has 0 spiro atoms. The van der Waals surface area contributed by atoms with Gasteiger partial charge in [0.15, 0.2) is 0 Å². The average Bonchev–Trinajstić information content (AvgIpc) is 2.81. The molecule has 1 saturated carbocycles. The lowest BCUT2D eigenvalue weighted by molar-refractivity contribution is -0.120. The molecule has 1 aliphatic rings. The summed E-state index contributed by atoms with van der Waals surface area (Å²) in [5, 5.41) is 5.95. The Morgan fingerprint density at radius 3 is 2.53 bits per heavy atom. The van der Waals surface area contributed by atoms with E-state index in [2.05, 4.69) is 10.6 Å². The van der Waals surface area contributed by atoms with Gasteiger partial charge in [-0.3, -0.25) is 4.79 Å². The standard InChI is InChI=1S/C13H17FN2O/c14-10-5-7-11(8-6-10)15-9-13(17)16-12-3-1-2-4-12/h5-8,12,15H,1-4,9H2,(H,16,17). The molecule has 0 aliphatic heterocycles. The molecule has 0 heterocycles. The average molecular weight is 236 g/mol. The third-order valence-corrected chi connectivity index (χ3v) is 3.02. The lowest BCUT2D eigenvalue weighted by Crippen LogP contribution is -2.36. The van der Waals surface area contributed by atoms with Crippen molar-refractivity contribution >= 4 is 11.6 Å². The van der Waals surface area contributed by atoms with E-state index in [0.29, 0.717) is 6.04 Å². The van der Waals surface area contributed by atoms with Crippen LogP contribution >= 0.6 is 0 Å². The van der Waals surface area contributed by atoms with Crippen LogP contribution in [0, 0.1) is 5.82 Å². The number of anilines is 1. The second kappa shape index (κ2) is 5.66. The first-order valence-corrected chi connectivity index (χ1v) is 6.03. The number of hydrogen-bond acceptors (Lipinski definition) is 2. The summed E-state index contributed by atoms with van der Waals surface area (Å²) in [4.78, 5) is 11.6. The van der Waals surface area contributed by atoms with Crippen LogP contribution in [-0.4, -0.2) is 18.5 Å². The van der Waals surface area contributed by atoms with Gasteiger partial charge in [-0.05, 0) is 37.1 Å². The Labute approximate surface area is 100 Å². The number of nitrogens with one attached hydrogen (secondary N) is 2. The van der Waals surface area contributed by atoms with Gasteiger partial charge in [0.05, 0.1) is 6.54 Å². The van der Waals surface area contributed by atoms with Gasteiger partial charge in [-0.15, -0.1) is 0 Å². The number of carbonyl (C=O) groups excluding carboxylic acids is 1. The molecule has 3 nitrogen and oxygen atoms in total. The number of hydrogen-bond donors (Lipinski definition) is 2. The summed E-state index contributed by atoms with van der Waals surface area (Å²) in [5.74, 6) is -0.271. The van der Waals surface area contributed by atoms with Crippen LogP contribution in [0.3, 0.4) is 0 Å². The van der Waals surface area contributed by atoms with Crippen LogP contribution in [0.15, 0.2) is 24.3 Å². The first-order chi connectivity index (χ1) is 8.24. The molecular weight excluding hydrogens is 219 g/mol. The number of benzene rings is 1. The van der Waals surface area contributed by atoms with Crippen LogP contribution in [0.1, 0.15) is 25.7 Å². The van der Waals surface area contributed by atoms with Crippen molar-refractivity contribution in [2.45, 2.75) is 31.7 Å². The minimum atomic E-state index is -0.272. The van der Waals surface area contributed by atoms with Crippen LogP contribution in [0.4, 0.5) is 10.1 Å². The van der Waals surface area contributed by atoms with Crippen molar-refractivity contribution in [3.8, 4) is 0 Å². The highest BCUT2D eigenvalue weighted by atomic mass is 19.1. The highest BCUT2D eigenvalue weighted by molar-refractivity contribution is 5.80. The lowest BCUT2D eigenvalue weighted by Gasteiger charge is -2.12. The van der Waals surface area contributed by atoms with Gasteiger partial charge in [-0.25, -0.2) is 4.39 Å². The van der Waals surface area contributed by atoms with E-state index in [1.807, 2.05) is 0 Å². The van der Waals surface area contributed by atoms with E-state index in [1.54, 1.807) is 12.1 Å². The molecule has 4 heteroatoms. The third-order valence-electron chi connectivity index (χ3n) is 3.02. The summed E-state index contributed by atoms with van der Waals surface area (Å²) in [5.41, 5.74) is 0.757. The Kier molecular flexibility index (Phi) is 3.96. The quantitative estimate of drug-likeness (QED) is 0.842. The normalized spacial score (nSPS) is 15.8. The Morgan fingerprint density at radius 1 is 1.24 bits per heavy atom. The fourth-order valence-electron chi connectivity index (χ4n) is 2.10. The molecule has 1 aromatic carbocycles. The van der Waals surface area contributed by atoms with E-state index in [9.17, 15) is 9.18 Å². The third kappa shape index (κ3) is 3.73. The van der Waals surface area contributed by atoms with Crippen molar-refractivity contribution in [3.63, 3.8) is 0 Å². The Bertz CT molecular complexity index is 372. The SMILES string of the molecule is O=C(CNc1ccc(F)cc1)NC1CCCC1. The zero-order valence-corrected chi connectivity index (χ0v) is 9.71. The predicted molar refractivity (Wildman–Crippen MR) is 65.3 cm³/mol. The Morgan fingerprint density at radius 2 is 1.88 bits per heavy atom. The molecule has 1 aromatic rings. The van der Waals surface area contributed by atoms with Gasteiger partial charge >= 0.3 is 0 Å². The molecule has 92 valence electrons. The van der Waals surface area contributed by atoms with Crippen molar-refractivity contribution in [3.05, 3.63) is 30.1 Å². The smallest absolute Gasteiger partial charge is 0.239 e. The van der Waals surface area contributed by atoms with Gasteiger partial charge in [0.1, 0.15) is 5.82 Å².